The van der Waals surface area contributed by atoms with Crippen molar-refractivity contribution in [3.05, 3.63) is 28.8 Å². The van der Waals surface area contributed by atoms with Crippen molar-refractivity contribution in [3.63, 3.8) is 0 Å². The van der Waals surface area contributed by atoms with Crippen LogP contribution in [0.15, 0.2) is 12.1 Å². The van der Waals surface area contributed by atoms with Crippen molar-refractivity contribution in [3.8, 4) is 5.75 Å². The van der Waals surface area contributed by atoms with Crippen LogP contribution in [0.4, 0.5) is 0 Å². The molecule has 0 saturated heterocycles. The Morgan fingerprint density at radius 1 is 0.939 bits per heavy atom. The molecule has 1 aromatic carbocycles. The average Bonchev–Trinajstić information content (AvgIpc) is 2.65. The van der Waals surface area contributed by atoms with Crippen LogP contribution in [0.5, 0.6) is 5.75 Å². The van der Waals surface area contributed by atoms with Gasteiger partial charge in [0.15, 0.2) is 0 Å². The molecule has 3 fully saturated rings. The van der Waals surface area contributed by atoms with Crippen LogP contribution in [0.25, 0.3) is 0 Å². The zero-order chi connectivity index (χ0) is 23.9. The number of hydrogen-bond acceptors (Lipinski definition) is 2. The van der Waals surface area contributed by atoms with Crippen LogP contribution in [-0.2, 0) is 16.6 Å². The first-order valence-corrected chi connectivity index (χ1v) is 16.7. The first kappa shape index (κ1) is 26.4. The number of aromatic hydroxyl groups is 1. The van der Waals surface area contributed by atoms with Gasteiger partial charge in [-0.1, -0.05) is 32.1 Å². The fourth-order valence-corrected chi connectivity index (χ4v) is 10.9. The molecule has 0 spiro atoms. The van der Waals surface area contributed by atoms with Gasteiger partial charge < -0.3 is 0 Å². The van der Waals surface area contributed by atoms with Crippen molar-refractivity contribution in [2.45, 2.75) is 136 Å². The number of phenolic OH excluding ortho intramolecular Hbond substituents is 1. The van der Waals surface area contributed by atoms with Gasteiger partial charge in [-0.3, -0.25) is 0 Å². The van der Waals surface area contributed by atoms with E-state index >= 15 is 0 Å². The monoisotopic (exact) mass is 663 g/mol. The second-order valence-electron chi connectivity index (χ2n) is 13.5. The molecule has 183 valence electrons. The summed E-state index contributed by atoms with van der Waals surface area (Å²) in [4.78, 5) is 0. The maximum absolute atomic E-state index is 11.7. The van der Waals surface area contributed by atoms with E-state index in [1.54, 1.807) is 0 Å². The third-order valence-corrected chi connectivity index (χ3v) is 11.9. The summed E-state index contributed by atoms with van der Waals surface area (Å²) in [5, 5.41) is 12.5. The summed E-state index contributed by atoms with van der Waals surface area (Å²) in [6.07, 6.45) is 16.5. The Balaban J connectivity index is 1.61. The summed E-state index contributed by atoms with van der Waals surface area (Å²) < 4.78 is 0.629. The van der Waals surface area contributed by atoms with Crippen LogP contribution in [-0.4, -0.2) is 36.1 Å². The Morgan fingerprint density at radius 3 is 2.09 bits per heavy atom. The summed E-state index contributed by atoms with van der Waals surface area (Å²) in [7, 11) is 0. The Kier molecular flexibility index (Phi) is 8.26. The molecule has 2 unspecified atom stereocenters. The van der Waals surface area contributed by atoms with Gasteiger partial charge in [-0.15, -0.1) is 0 Å². The molecule has 0 heterocycles. The Labute approximate surface area is 224 Å². The molecule has 1 nitrogen and oxygen atoms in total. The summed E-state index contributed by atoms with van der Waals surface area (Å²) in [6, 6.07) is 4.75. The number of thioether (sulfide) groups is 1. The second kappa shape index (κ2) is 10.3. The summed E-state index contributed by atoms with van der Waals surface area (Å²) in [6.45, 7) is 12.0. The van der Waals surface area contributed by atoms with Gasteiger partial charge in [0.25, 0.3) is 0 Å². The molecule has 33 heavy (non-hydrogen) atoms. The minimum absolute atomic E-state index is 0.108. The number of rotatable bonds is 4. The van der Waals surface area contributed by atoms with Crippen molar-refractivity contribution in [1.29, 1.82) is 0 Å². The predicted molar refractivity (Wildman–Crippen MR) is 146 cm³/mol. The molecule has 1 N–H and O–H groups in total. The van der Waals surface area contributed by atoms with Crippen LogP contribution in [0, 0.1) is 11.8 Å². The number of hydrogen-bond donors (Lipinski definition) is 1. The molecule has 3 aliphatic rings. The van der Waals surface area contributed by atoms with Crippen LogP contribution in [0.2, 0.25) is 2.97 Å². The van der Waals surface area contributed by atoms with Crippen molar-refractivity contribution in [1.82, 2.24) is 0 Å². The molecule has 2 bridgehead atoms. The average molecular weight is 663 g/mol. The van der Waals surface area contributed by atoms with Crippen LogP contribution < -0.4 is 0 Å². The quantitative estimate of drug-likeness (QED) is 0.325. The van der Waals surface area contributed by atoms with E-state index in [4.69, 9.17) is 0 Å². The topological polar surface area (TPSA) is 20.2 Å². The molecule has 0 aliphatic heterocycles. The van der Waals surface area contributed by atoms with E-state index in [1.807, 2.05) is 0 Å². The van der Waals surface area contributed by atoms with E-state index in [-0.39, 0.29) is 10.8 Å². The third-order valence-electron chi connectivity index (χ3n) is 8.86. The predicted octanol–water partition coefficient (Wildman–Crippen LogP) is 8.85. The van der Waals surface area contributed by atoms with Gasteiger partial charge in [-0.25, -0.2) is 0 Å². The van der Waals surface area contributed by atoms with Crippen LogP contribution in [0.3, 0.4) is 0 Å². The van der Waals surface area contributed by atoms with E-state index < -0.39 is 0 Å². The SMILES string of the molecule is C[C]1([Pb])CC2CC(C1)CC(C)(c1cc(C(C)(C)C)cc(CSC3CCCCCCC3)c1O)C2. The molecule has 0 aromatic heterocycles. The Morgan fingerprint density at radius 2 is 1.52 bits per heavy atom. The minimum atomic E-state index is 0.108. The van der Waals surface area contributed by atoms with E-state index in [0.717, 1.165) is 22.8 Å². The van der Waals surface area contributed by atoms with E-state index in [9.17, 15) is 5.11 Å². The van der Waals surface area contributed by atoms with Crippen molar-refractivity contribution in [2.75, 3.05) is 0 Å². The molecule has 3 heteroatoms. The van der Waals surface area contributed by atoms with Crippen LogP contribution >= 0.6 is 11.8 Å². The molecule has 0 amide bonds. The van der Waals surface area contributed by atoms with Gasteiger partial charge in [0.1, 0.15) is 0 Å². The first-order chi connectivity index (χ1) is 15.5. The van der Waals surface area contributed by atoms with E-state index in [1.165, 1.54) is 120 Å². The van der Waals surface area contributed by atoms with Gasteiger partial charge in [0.2, 0.25) is 0 Å². The Hall–Kier alpha value is 0.292. The van der Waals surface area contributed by atoms with Gasteiger partial charge in [-0.05, 0) is 0 Å². The number of fused-ring (bicyclic) bond motifs is 2. The van der Waals surface area contributed by atoms with Crippen LogP contribution in [0.1, 0.15) is 128 Å². The third kappa shape index (κ3) is 6.54. The fraction of sp³-hybridized carbons (Fsp3) is 0.800. The maximum atomic E-state index is 11.7. The number of benzene rings is 1. The van der Waals surface area contributed by atoms with Gasteiger partial charge >= 0.3 is 193 Å². The van der Waals surface area contributed by atoms with Crippen molar-refractivity contribution < 1.29 is 5.11 Å². The number of phenols is 1. The molecular formula is C30H47OPbS. The summed E-state index contributed by atoms with van der Waals surface area (Å²) in [5.74, 6) is 3.29. The molecule has 1 aromatic rings. The van der Waals surface area contributed by atoms with Gasteiger partial charge in [-0.2, -0.15) is 0 Å². The molecule has 2 atom stereocenters. The first-order valence-electron chi connectivity index (χ1n) is 13.7. The summed E-state index contributed by atoms with van der Waals surface area (Å²) >= 11 is 3.44. The molecule has 4 rings (SSSR count). The summed E-state index contributed by atoms with van der Waals surface area (Å²) in [5.41, 5.74) is 4.12. The van der Waals surface area contributed by atoms with Gasteiger partial charge in [0, 0.05) is 0 Å². The van der Waals surface area contributed by atoms with Crippen molar-refractivity contribution >= 4 is 37.5 Å². The molecule has 3 aliphatic carbocycles. The van der Waals surface area contributed by atoms with E-state index in [0.29, 0.717) is 8.72 Å². The fourth-order valence-electron chi connectivity index (χ4n) is 7.37. The normalized spacial score (nSPS) is 34.0. The Bertz CT molecular complexity index is 799. The molecular weight excluding hydrogens is 616 g/mol. The van der Waals surface area contributed by atoms with Gasteiger partial charge in [0.05, 0.1) is 0 Å². The zero-order valence-corrected chi connectivity index (χ0v) is 26.6. The molecule has 3 saturated carbocycles. The van der Waals surface area contributed by atoms with E-state index in [2.05, 4.69) is 58.5 Å². The zero-order valence-electron chi connectivity index (χ0n) is 21.9. The second-order valence-corrected chi connectivity index (χ2v) is 19.4. The van der Waals surface area contributed by atoms with Crippen molar-refractivity contribution in [2.24, 2.45) is 11.8 Å². The standard InChI is InChI=1S/C30H47OS.Pb/c1-21-13-22-15-23(14-21)19-30(5,18-22)27-17-25(29(2,3)4)16-24(28(27)31)20-32-26-11-9-7-6-8-10-12-26;/h16-17,22-23,26,31H,6-15,18-20H2,1-5H3;. The molecule has 3 radical (unpaired) electrons.